The quantitative estimate of drug-likeness (QED) is 0.818. The van der Waals surface area contributed by atoms with Crippen molar-refractivity contribution >= 4 is 15.5 Å². The molecule has 0 bridgehead atoms. The van der Waals surface area contributed by atoms with E-state index in [0.717, 1.165) is 22.7 Å². The van der Waals surface area contributed by atoms with Crippen LogP contribution in [0.25, 0.3) is 0 Å². The average molecular weight is 322 g/mol. The number of nitrogens with zero attached hydrogens (tertiary/aromatic N) is 2. The van der Waals surface area contributed by atoms with Crippen molar-refractivity contribution in [3.05, 3.63) is 41.3 Å². The molecule has 0 amide bonds. The van der Waals surface area contributed by atoms with Crippen molar-refractivity contribution < 1.29 is 12.9 Å². The second-order valence-corrected chi connectivity index (χ2v) is 7.69. The molecule has 0 aliphatic carbocycles. The molecule has 22 heavy (non-hydrogen) atoms. The summed E-state index contributed by atoms with van der Waals surface area (Å²) < 4.78 is 29.8. The Morgan fingerprint density at radius 3 is 2.55 bits per heavy atom. The number of hydrogen-bond acceptors (Lipinski definition) is 5. The number of hydrogen-bond donors (Lipinski definition) is 0. The first-order valence-electron chi connectivity index (χ1n) is 7.24. The van der Waals surface area contributed by atoms with Crippen molar-refractivity contribution in [3.8, 4) is 0 Å². The highest BCUT2D eigenvalue weighted by atomic mass is 32.2. The van der Waals surface area contributed by atoms with Crippen molar-refractivity contribution in [1.29, 1.82) is 0 Å². The number of aromatic nitrogens is 1. The van der Waals surface area contributed by atoms with Crippen molar-refractivity contribution in [2.75, 3.05) is 24.2 Å². The molecule has 0 aliphatic heterocycles. The molecule has 0 spiro atoms. The van der Waals surface area contributed by atoms with Gasteiger partial charge in [-0.3, -0.25) is 0 Å². The van der Waals surface area contributed by atoms with Crippen LogP contribution in [-0.4, -0.2) is 32.9 Å². The molecule has 2 rings (SSSR count). The van der Waals surface area contributed by atoms with Crippen molar-refractivity contribution in [1.82, 2.24) is 5.16 Å². The summed E-state index contributed by atoms with van der Waals surface area (Å²) in [5.74, 6) is 0.881. The third kappa shape index (κ3) is 3.68. The Kier molecular flexibility index (Phi) is 4.90. The van der Waals surface area contributed by atoms with Gasteiger partial charge >= 0.3 is 0 Å². The Morgan fingerprint density at radius 1 is 1.23 bits per heavy atom. The number of benzene rings is 1. The normalized spacial score (nSPS) is 11.6. The molecule has 2 aromatic rings. The van der Waals surface area contributed by atoms with Crippen LogP contribution in [0.1, 0.15) is 23.4 Å². The fourth-order valence-electron chi connectivity index (χ4n) is 2.55. The van der Waals surface area contributed by atoms with Gasteiger partial charge in [0, 0.05) is 13.6 Å². The van der Waals surface area contributed by atoms with E-state index in [0.29, 0.717) is 17.9 Å². The van der Waals surface area contributed by atoms with Gasteiger partial charge in [0.25, 0.3) is 0 Å². The highest BCUT2D eigenvalue weighted by Crippen LogP contribution is 2.23. The Morgan fingerprint density at radius 2 is 1.95 bits per heavy atom. The summed E-state index contributed by atoms with van der Waals surface area (Å²) >= 11 is 0. The molecule has 0 fully saturated rings. The van der Waals surface area contributed by atoms with Gasteiger partial charge in [0.05, 0.1) is 10.6 Å². The molecule has 1 aromatic carbocycles. The van der Waals surface area contributed by atoms with E-state index in [4.69, 9.17) is 4.52 Å². The van der Waals surface area contributed by atoms with E-state index < -0.39 is 9.84 Å². The summed E-state index contributed by atoms with van der Waals surface area (Å²) in [6, 6.07) is 7.04. The molecule has 0 radical (unpaired) electrons. The molecular formula is C16H22N2O3S. The highest BCUT2D eigenvalue weighted by Gasteiger charge is 2.17. The number of aryl methyl sites for hydroxylation is 3. The van der Waals surface area contributed by atoms with Gasteiger partial charge in [-0.1, -0.05) is 17.3 Å². The van der Waals surface area contributed by atoms with E-state index in [2.05, 4.69) is 5.16 Å². The van der Waals surface area contributed by atoms with Crippen molar-refractivity contribution in [2.45, 2.75) is 32.1 Å². The van der Waals surface area contributed by atoms with Gasteiger partial charge in [-0.2, -0.15) is 0 Å². The van der Waals surface area contributed by atoms with Crippen LogP contribution < -0.4 is 4.90 Å². The summed E-state index contributed by atoms with van der Waals surface area (Å²) in [5, 5.41) is 3.92. The first kappa shape index (κ1) is 16.5. The van der Waals surface area contributed by atoms with E-state index >= 15 is 0 Å². The number of sulfone groups is 1. The number of rotatable bonds is 6. The van der Waals surface area contributed by atoms with E-state index in [1.165, 1.54) is 0 Å². The lowest BCUT2D eigenvalue weighted by molar-refractivity contribution is 0.393. The van der Waals surface area contributed by atoms with Crippen molar-refractivity contribution in [3.63, 3.8) is 0 Å². The maximum Gasteiger partial charge on any atom is 0.178 e. The van der Waals surface area contributed by atoms with E-state index in [1.54, 1.807) is 18.2 Å². The smallest absolute Gasteiger partial charge is 0.178 e. The Labute approximate surface area is 131 Å². The standard InChI is InChI=1S/C16H22N2O3S/c1-12-7-5-8-15(11-12)22(19,20)10-6-9-18(4)16-13(2)17-21-14(16)3/h5,7-8,11H,6,9-10H2,1-4H3. The molecule has 0 N–H and O–H groups in total. The van der Waals surface area contributed by atoms with Crippen LogP contribution in [0, 0.1) is 20.8 Å². The molecule has 0 atom stereocenters. The summed E-state index contributed by atoms with van der Waals surface area (Å²) in [6.07, 6.45) is 0.552. The second-order valence-electron chi connectivity index (χ2n) is 5.58. The lowest BCUT2D eigenvalue weighted by Crippen LogP contribution is -2.22. The fourth-order valence-corrected chi connectivity index (χ4v) is 3.95. The number of anilines is 1. The van der Waals surface area contributed by atoms with Gasteiger partial charge in [-0.05, 0) is 44.9 Å². The zero-order valence-corrected chi connectivity index (χ0v) is 14.3. The molecule has 0 unspecified atom stereocenters. The van der Waals surface area contributed by atoms with E-state index in [9.17, 15) is 8.42 Å². The molecule has 0 saturated heterocycles. The predicted molar refractivity (Wildman–Crippen MR) is 87.1 cm³/mol. The van der Waals surface area contributed by atoms with Crippen LogP contribution in [0.15, 0.2) is 33.7 Å². The predicted octanol–water partition coefficient (Wildman–Crippen LogP) is 2.90. The first-order chi connectivity index (χ1) is 10.3. The third-order valence-corrected chi connectivity index (χ3v) is 5.43. The molecule has 6 heteroatoms. The van der Waals surface area contributed by atoms with Gasteiger partial charge in [-0.15, -0.1) is 0 Å². The Bertz CT molecular complexity index is 731. The minimum atomic E-state index is -3.23. The van der Waals surface area contributed by atoms with E-state index in [-0.39, 0.29) is 5.75 Å². The molecule has 1 heterocycles. The second kappa shape index (κ2) is 6.52. The maximum atomic E-state index is 12.3. The monoisotopic (exact) mass is 322 g/mol. The molecule has 5 nitrogen and oxygen atoms in total. The molecule has 0 aliphatic rings. The minimum absolute atomic E-state index is 0.129. The summed E-state index contributed by atoms with van der Waals surface area (Å²) in [4.78, 5) is 2.39. The fraction of sp³-hybridized carbons (Fsp3) is 0.438. The van der Waals surface area contributed by atoms with Gasteiger partial charge in [0.2, 0.25) is 0 Å². The zero-order chi connectivity index (χ0) is 16.3. The minimum Gasteiger partial charge on any atom is -0.370 e. The zero-order valence-electron chi connectivity index (χ0n) is 13.5. The van der Waals surface area contributed by atoms with Crippen LogP contribution in [-0.2, 0) is 9.84 Å². The molecule has 120 valence electrons. The van der Waals surface area contributed by atoms with Crippen LogP contribution in [0.5, 0.6) is 0 Å². The third-order valence-electron chi connectivity index (χ3n) is 3.63. The van der Waals surface area contributed by atoms with Gasteiger partial charge in [-0.25, -0.2) is 8.42 Å². The van der Waals surface area contributed by atoms with Crippen LogP contribution in [0.3, 0.4) is 0 Å². The van der Waals surface area contributed by atoms with E-state index in [1.807, 2.05) is 38.8 Å². The Hall–Kier alpha value is -1.82. The Balaban J connectivity index is 1.99. The summed E-state index contributed by atoms with van der Waals surface area (Å²) in [7, 11) is -1.31. The van der Waals surface area contributed by atoms with Crippen LogP contribution in [0.2, 0.25) is 0 Å². The molecule has 0 saturated carbocycles. The lowest BCUT2D eigenvalue weighted by Gasteiger charge is -2.18. The lowest BCUT2D eigenvalue weighted by atomic mass is 10.2. The van der Waals surface area contributed by atoms with Gasteiger partial charge < -0.3 is 9.42 Å². The summed E-state index contributed by atoms with van der Waals surface area (Å²) in [5.41, 5.74) is 2.71. The van der Waals surface area contributed by atoms with Crippen LogP contribution >= 0.6 is 0 Å². The molecular weight excluding hydrogens is 300 g/mol. The van der Waals surface area contributed by atoms with Crippen LogP contribution in [0.4, 0.5) is 5.69 Å². The molecule has 1 aromatic heterocycles. The first-order valence-corrected chi connectivity index (χ1v) is 8.90. The highest BCUT2D eigenvalue weighted by molar-refractivity contribution is 7.91. The van der Waals surface area contributed by atoms with Crippen molar-refractivity contribution in [2.24, 2.45) is 0 Å². The SMILES string of the molecule is Cc1cccc(S(=O)(=O)CCCN(C)c2c(C)noc2C)c1. The van der Waals surface area contributed by atoms with Gasteiger partial charge in [0.15, 0.2) is 15.6 Å². The largest absolute Gasteiger partial charge is 0.370 e. The van der Waals surface area contributed by atoms with Gasteiger partial charge in [0.1, 0.15) is 11.4 Å². The average Bonchev–Trinajstić information content (AvgIpc) is 2.78. The summed E-state index contributed by atoms with van der Waals surface area (Å²) in [6.45, 7) is 6.26. The maximum absolute atomic E-state index is 12.3. The topological polar surface area (TPSA) is 63.4 Å².